The van der Waals surface area contributed by atoms with E-state index in [2.05, 4.69) is 5.92 Å². The van der Waals surface area contributed by atoms with Gasteiger partial charge in [0.1, 0.15) is 17.3 Å². The standard InChI is InChI=1S/C11H11F2NO/c1-3-4-14(2)11-9(12)5-8(7-15)6-10(11)13/h1,5-6,15H,4,7H2,2H3. The third kappa shape index (κ3) is 2.45. The lowest BCUT2D eigenvalue weighted by molar-refractivity contribution is 0.280. The van der Waals surface area contributed by atoms with Crippen molar-refractivity contribution in [2.24, 2.45) is 0 Å². The highest BCUT2D eigenvalue weighted by molar-refractivity contribution is 5.50. The molecule has 0 saturated heterocycles. The van der Waals surface area contributed by atoms with Gasteiger partial charge >= 0.3 is 0 Å². The molecule has 0 aromatic heterocycles. The Bertz CT molecular complexity index is 375. The number of terminal acetylenes is 1. The Morgan fingerprint density at radius 2 is 1.93 bits per heavy atom. The molecule has 0 aliphatic heterocycles. The smallest absolute Gasteiger partial charge is 0.149 e. The summed E-state index contributed by atoms with van der Waals surface area (Å²) in [5.74, 6) is 0.842. The van der Waals surface area contributed by atoms with E-state index in [4.69, 9.17) is 11.5 Å². The maximum absolute atomic E-state index is 13.4. The van der Waals surface area contributed by atoms with Crippen LogP contribution in [0.5, 0.6) is 0 Å². The van der Waals surface area contributed by atoms with Crippen LogP contribution in [0, 0.1) is 24.0 Å². The molecular formula is C11H11F2NO. The number of anilines is 1. The molecule has 0 heterocycles. The van der Waals surface area contributed by atoms with Crippen LogP contribution in [0.25, 0.3) is 0 Å². The number of hydrogen-bond donors (Lipinski definition) is 1. The Morgan fingerprint density at radius 1 is 1.40 bits per heavy atom. The van der Waals surface area contributed by atoms with Crippen LogP contribution in [-0.4, -0.2) is 18.7 Å². The first-order valence-electron chi connectivity index (χ1n) is 4.33. The highest BCUT2D eigenvalue weighted by Crippen LogP contribution is 2.23. The van der Waals surface area contributed by atoms with Crippen molar-refractivity contribution < 1.29 is 13.9 Å². The quantitative estimate of drug-likeness (QED) is 0.766. The summed E-state index contributed by atoms with van der Waals surface area (Å²) in [4.78, 5) is 1.30. The van der Waals surface area contributed by atoms with E-state index >= 15 is 0 Å². The van der Waals surface area contributed by atoms with E-state index in [0.717, 1.165) is 12.1 Å². The van der Waals surface area contributed by atoms with Crippen molar-refractivity contribution >= 4 is 5.69 Å². The molecule has 4 heteroatoms. The van der Waals surface area contributed by atoms with Crippen LogP contribution in [-0.2, 0) is 6.61 Å². The number of halogens is 2. The second kappa shape index (κ2) is 4.76. The molecule has 0 aliphatic carbocycles. The average molecular weight is 211 g/mol. The average Bonchev–Trinajstić information content (AvgIpc) is 2.16. The Kier molecular flexibility index (Phi) is 3.64. The van der Waals surface area contributed by atoms with E-state index in [9.17, 15) is 8.78 Å². The SMILES string of the molecule is C#CCN(C)c1c(F)cc(CO)cc1F. The lowest BCUT2D eigenvalue weighted by atomic mass is 10.2. The molecule has 0 aliphatic rings. The van der Waals surface area contributed by atoms with E-state index < -0.39 is 18.2 Å². The minimum Gasteiger partial charge on any atom is -0.392 e. The van der Waals surface area contributed by atoms with Crippen LogP contribution >= 0.6 is 0 Å². The molecule has 0 atom stereocenters. The van der Waals surface area contributed by atoms with Crippen molar-refractivity contribution in [2.45, 2.75) is 6.61 Å². The normalized spacial score (nSPS) is 9.80. The molecule has 1 aromatic rings. The van der Waals surface area contributed by atoms with Gasteiger partial charge in [0.15, 0.2) is 0 Å². The number of benzene rings is 1. The van der Waals surface area contributed by atoms with E-state index in [0.29, 0.717) is 0 Å². The van der Waals surface area contributed by atoms with Crippen LogP contribution in [0.4, 0.5) is 14.5 Å². The lowest BCUT2D eigenvalue weighted by Crippen LogP contribution is -2.20. The van der Waals surface area contributed by atoms with Crippen molar-refractivity contribution in [3.63, 3.8) is 0 Å². The molecule has 1 N–H and O–H groups in total. The first kappa shape index (κ1) is 11.5. The molecule has 0 amide bonds. The van der Waals surface area contributed by atoms with Crippen molar-refractivity contribution in [3.05, 3.63) is 29.3 Å². The fourth-order valence-electron chi connectivity index (χ4n) is 1.29. The zero-order valence-corrected chi connectivity index (χ0v) is 8.30. The number of aliphatic hydroxyl groups excluding tert-OH is 1. The van der Waals surface area contributed by atoms with Crippen molar-refractivity contribution in [2.75, 3.05) is 18.5 Å². The fourth-order valence-corrected chi connectivity index (χ4v) is 1.29. The number of hydrogen-bond acceptors (Lipinski definition) is 2. The maximum atomic E-state index is 13.4. The minimum absolute atomic E-state index is 0.117. The fraction of sp³-hybridized carbons (Fsp3) is 0.273. The monoisotopic (exact) mass is 211 g/mol. The Labute approximate surface area is 87.1 Å². The summed E-state index contributed by atoms with van der Waals surface area (Å²) in [5.41, 5.74) is 0.0213. The lowest BCUT2D eigenvalue weighted by Gasteiger charge is -2.18. The van der Waals surface area contributed by atoms with Gasteiger partial charge in [-0.3, -0.25) is 0 Å². The molecule has 0 fully saturated rings. The Balaban J connectivity index is 3.14. The second-order valence-electron chi connectivity index (χ2n) is 3.13. The van der Waals surface area contributed by atoms with Gasteiger partial charge in [0.2, 0.25) is 0 Å². The Hall–Kier alpha value is -1.60. The molecule has 1 aromatic carbocycles. The second-order valence-corrected chi connectivity index (χ2v) is 3.13. The van der Waals surface area contributed by atoms with Gasteiger partial charge < -0.3 is 10.0 Å². The summed E-state index contributed by atoms with van der Waals surface area (Å²) in [6, 6.07) is 2.18. The Morgan fingerprint density at radius 3 is 2.33 bits per heavy atom. The van der Waals surface area contributed by atoms with E-state index in [-0.39, 0.29) is 17.8 Å². The predicted octanol–water partition coefficient (Wildman–Crippen LogP) is 1.53. The summed E-state index contributed by atoms with van der Waals surface area (Å²) in [6.45, 7) is -0.278. The van der Waals surface area contributed by atoms with Gasteiger partial charge in [0.25, 0.3) is 0 Å². The van der Waals surface area contributed by atoms with Gasteiger partial charge in [0, 0.05) is 7.05 Å². The summed E-state index contributed by atoms with van der Waals surface area (Å²) in [5, 5.41) is 8.74. The largest absolute Gasteiger partial charge is 0.392 e. The number of aliphatic hydroxyl groups is 1. The van der Waals surface area contributed by atoms with E-state index in [1.165, 1.54) is 11.9 Å². The third-order valence-corrected chi connectivity index (χ3v) is 1.97. The predicted molar refractivity (Wildman–Crippen MR) is 54.4 cm³/mol. The van der Waals surface area contributed by atoms with Gasteiger partial charge in [-0.2, -0.15) is 0 Å². The summed E-state index contributed by atoms with van der Waals surface area (Å²) < 4.78 is 26.8. The molecule has 0 spiro atoms. The van der Waals surface area contributed by atoms with E-state index in [1.807, 2.05) is 0 Å². The first-order valence-corrected chi connectivity index (χ1v) is 4.33. The number of rotatable bonds is 3. The molecule has 1 rings (SSSR count). The highest BCUT2D eigenvalue weighted by Gasteiger charge is 2.14. The highest BCUT2D eigenvalue weighted by atomic mass is 19.1. The van der Waals surface area contributed by atoms with Crippen LogP contribution in [0.1, 0.15) is 5.56 Å². The zero-order chi connectivity index (χ0) is 11.4. The summed E-state index contributed by atoms with van der Waals surface area (Å²) in [6.07, 6.45) is 5.05. The van der Waals surface area contributed by atoms with Crippen LogP contribution < -0.4 is 4.90 Å². The van der Waals surface area contributed by atoms with Gasteiger partial charge in [-0.05, 0) is 17.7 Å². The molecular weight excluding hydrogens is 200 g/mol. The van der Waals surface area contributed by atoms with Crippen LogP contribution in [0.15, 0.2) is 12.1 Å². The molecule has 0 saturated carbocycles. The summed E-state index contributed by atoms with van der Waals surface area (Å²) in [7, 11) is 1.50. The van der Waals surface area contributed by atoms with Gasteiger partial charge in [-0.25, -0.2) is 8.78 Å². The molecule has 0 radical (unpaired) electrons. The minimum atomic E-state index is -0.725. The van der Waals surface area contributed by atoms with Crippen molar-refractivity contribution in [1.29, 1.82) is 0 Å². The third-order valence-electron chi connectivity index (χ3n) is 1.97. The van der Waals surface area contributed by atoms with E-state index in [1.54, 1.807) is 0 Å². The topological polar surface area (TPSA) is 23.5 Å². The van der Waals surface area contributed by atoms with Crippen molar-refractivity contribution in [1.82, 2.24) is 0 Å². The van der Waals surface area contributed by atoms with Crippen LogP contribution in [0.2, 0.25) is 0 Å². The molecule has 80 valence electrons. The molecule has 15 heavy (non-hydrogen) atoms. The molecule has 0 unspecified atom stereocenters. The maximum Gasteiger partial charge on any atom is 0.149 e. The molecule has 0 bridgehead atoms. The first-order chi connectivity index (χ1) is 7.10. The van der Waals surface area contributed by atoms with Crippen LogP contribution in [0.3, 0.4) is 0 Å². The van der Waals surface area contributed by atoms with Gasteiger partial charge in [0.05, 0.1) is 13.2 Å². The zero-order valence-electron chi connectivity index (χ0n) is 8.30. The van der Waals surface area contributed by atoms with Crippen molar-refractivity contribution in [3.8, 4) is 12.3 Å². The van der Waals surface area contributed by atoms with Gasteiger partial charge in [-0.15, -0.1) is 6.42 Å². The molecule has 2 nitrogen and oxygen atoms in total. The van der Waals surface area contributed by atoms with Gasteiger partial charge in [-0.1, -0.05) is 5.92 Å². The summed E-state index contributed by atoms with van der Waals surface area (Å²) >= 11 is 0. The number of nitrogens with zero attached hydrogens (tertiary/aromatic N) is 1.